The second-order valence-corrected chi connectivity index (χ2v) is 5.16. The van der Waals surface area contributed by atoms with E-state index < -0.39 is 0 Å². The molecule has 0 bridgehead atoms. The first kappa shape index (κ1) is 13.8. The van der Waals surface area contributed by atoms with Crippen LogP contribution in [-0.4, -0.2) is 57.7 Å². The molecular weight excluding hydrogens is 268 g/mol. The number of hydrogen-bond acceptors (Lipinski definition) is 6. The molecular formula is C14H20N6O. The second-order valence-electron chi connectivity index (χ2n) is 5.16. The molecule has 1 saturated heterocycles. The first-order valence-corrected chi connectivity index (χ1v) is 7.06. The van der Waals surface area contributed by atoms with E-state index in [0.29, 0.717) is 5.88 Å². The third-order valence-electron chi connectivity index (χ3n) is 3.78. The van der Waals surface area contributed by atoms with Gasteiger partial charge in [0.2, 0.25) is 11.8 Å². The molecule has 7 heteroatoms. The van der Waals surface area contributed by atoms with E-state index in [4.69, 9.17) is 4.74 Å². The van der Waals surface area contributed by atoms with E-state index in [9.17, 15) is 0 Å². The largest absolute Gasteiger partial charge is 0.481 e. The van der Waals surface area contributed by atoms with Crippen molar-refractivity contribution in [1.29, 1.82) is 0 Å². The summed E-state index contributed by atoms with van der Waals surface area (Å²) in [5.41, 5.74) is 1.24. The fourth-order valence-corrected chi connectivity index (χ4v) is 2.47. The summed E-state index contributed by atoms with van der Waals surface area (Å²) < 4.78 is 7.22. The molecule has 0 saturated carbocycles. The first-order chi connectivity index (χ1) is 10.3. The Hall–Kier alpha value is -2.15. The minimum absolute atomic E-state index is 0.609. The number of imidazole rings is 1. The van der Waals surface area contributed by atoms with Crippen molar-refractivity contribution in [3.8, 4) is 5.88 Å². The molecule has 0 atom stereocenters. The highest BCUT2D eigenvalue weighted by Crippen LogP contribution is 2.15. The number of rotatable bonds is 4. The van der Waals surface area contributed by atoms with Crippen LogP contribution >= 0.6 is 0 Å². The van der Waals surface area contributed by atoms with Gasteiger partial charge >= 0.3 is 0 Å². The molecule has 1 fully saturated rings. The van der Waals surface area contributed by atoms with Crippen molar-refractivity contribution < 1.29 is 4.74 Å². The highest BCUT2D eigenvalue weighted by Gasteiger charge is 2.20. The van der Waals surface area contributed by atoms with Gasteiger partial charge in [-0.3, -0.25) is 4.90 Å². The Balaban J connectivity index is 1.58. The van der Waals surface area contributed by atoms with Crippen molar-refractivity contribution in [2.75, 3.05) is 38.2 Å². The molecule has 0 aliphatic carbocycles. The molecule has 2 aromatic heterocycles. The number of hydrogen-bond donors (Lipinski definition) is 0. The van der Waals surface area contributed by atoms with Crippen LogP contribution in [0.25, 0.3) is 0 Å². The molecule has 3 rings (SSSR count). The molecule has 0 radical (unpaired) electrons. The Morgan fingerprint density at radius 1 is 1.24 bits per heavy atom. The van der Waals surface area contributed by atoms with Crippen molar-refractivity contribution in [1.82, 2.24) is 24.4 Å². The van der Waals surface area contributed by atoms with E-state index in [1.807, 2.05) is 19.6 Å². The molecule has 7 nitrogen and oxygen atoms in total. The Kier molecular flexibility index (Phi) is 4.01. The van der Waals surface area contributed by atoms with E-state index in [0.717, 1.165) is 38.7 Å². The van der Waals surface area contributed by atoms with Gasteiger partial charge in [-0.15, -0.1) is 0 Å². The van der Waals surface area contributed by atoms with Gasteiger partial charge < -0.3 is 14.2 Å². The maximum atomic E-state index is 5.15. The van der Waals surface area contributed by atoms with Gasteiger partial charge in [0.1, 0.15) is 0 Å². The first-order valence-electron chi connectivity index (χ1n) is 7.06. The highest BCUT2D eigenvalue weighted by atomic mass is 16.5. The number of ether oxygens (including phenoxy) is 1. The zero-order valence-electron chi connectivity index (χ0n) is 12.4. The minimum Gasteiger partial charge on any atom is -0.481 e. The van der Waals surface area contributed by atoms with Crippen LogP contribution in [0.15, 0.2) is 24.8 Å². The van der Waals surface area contributed by atoms with Crippen molar-refractivity contribution in [3.63, 3.8) is 0 Å². The summed E-state index contributed by atoms with van der Waals surface area (Å²) in [6.07, 6.45) is 5.51. The Bertz CT molecular complexity index is 591. The van der Waals surface area contributed by atoms with Gasteiger partial charge in [-0.05, 0) is 0 Å². The van der Waals surface area contributed by atoms with Gasteiger partial charge in [-0.1, -0.05) is 0 Å². The lowest BCUT2D eigenvalue weighted by Crippen LogP contribution is -2.46. The van der Waals surface area contributed by atoms with Crippen molar-refractivity contribution >= 4 is 5.95 Å². The molecule has 0 spiro atoms. The Morgan fingerprint density at radius 2 is 2.05 bits per heavy atom. The maximum absolute atomic E-state index is 5.15. The molecule has 1 aliphatic rings. The van der Waals surface area contributed by atoms with Crippen LogP contribution in [0.2, 0.25) is 0 Å². The normalized spacial score (nSPS) is 16.2. The number of piperazine rings is 1. The van der Waals surface area contributed by atoms with Gasteiger partial charge in [-0.25, -0.2) is 9.97 Å². The molecule has 0 amide bonds. The van der Waals surface area contributed by atoms with E-state index in [-0.39, 0.29) is 0 Å². The summed E-state index contributed by atoms with van der Waals surface area (Å²) in [6.45, 7) is 4.76. The summed E-state index contributed by atoms with van der Waals surface area (Å²) in [5.74, 6) is 1.35. The molecule has 1 aliphatic heterocycles. The maximum Gasteiger partial charge on any atom is 0.228 e. The number of aryl methyl sites for hydroxylation is 1. The molecule has 21 heavy (non-hydrogen) atoms. The summed E-state index contributed by atoms with van der Waals surface area (Å²) in [6, 6.07) is 1.77. The van der Waals surface area contributed by atoms with Crippen LogP contribution in [0.3, 0.4) is 0 Å². The molecule has 112 valence electrons. The second kappa shape index (κ2) is 6.09. The Morgan fingerprint density at radius 3 is 2.71 bits per heavy atom. The third-order valence-corrected chi connectivity index (χ3v) is 3.78. The van der Waals surface area contributed by atoms with Gasteiger partial charge in [0.25, 0.3) is 0 Å². The fraction of sp³-hybridized carbons (Fsp3) is 0.500. The number of aromatic nitrogens is 4. The lowest BCUT2D eigenvalue weighted by Gasteiger charge is -2.34. The van der Waals surface area contributed by atoms with Crippen LogP contribution in [0.1, 0.15) is 5.69 Å². The average molecular weight is 288 g/mol. The van der Waals surface area contributed by atoms with Gasteiger partial charge in [-0.2, -0.15) is 4.98 Å². The predicted molar refractivity (Wildman–Crippen MR) is 79.3 cm³/mol. The molecule has 2 aromatic rings. The van der Waals surface area contributed by atoms with E-state index >= 15 is 0 Å². The minimum atomic E-state index is 0.609. The smallest absolute Gasteiger partial charge is 0.228 e. The van der Waals surface area contributed by atoms with E-state index in [1.54, 1.807) is 19.4 Å². The van der Waals surface area contributed by atoms with Gasteiger partial charge in [0.15, 0.2) is 0 Å². The molecule has 3 heterocycles. The SMILES string of the molecule is COc1ccnc(N2CCN(Cc3cncn3C)CC2)n1. The van der Waals surface area contributed by atoms with Crippen LogP contribution in [0.4, 0.5) is 5.95 Å². The van der Waals surface area contributed by atoms with Crippen molar-refractivity contribution in [3.05, 3.63) is 30.5 Å². The topological polar surface area (TPSA) is 59.3 Å². The fourth-order valence-electron chi connectivity index (χ4n) is 2.47. The van der Waals surface area contributed by atoms with Gasteiger partial charge in [0, 0.05) is 58.2 Å². The van der Waals surface area contributed by atoms with E-state index in [2.05, 4.69) is 29.3 Å². The van der Waals surface area contributed by atoms with Crippen LogP contribution in [-0.2, 0) is 13.6 Å². The van der Waals surface area contributed by atoms with Crippen LogP contribution in [0, 0.1) is 0 Å². The number of anilines is 1. The number of methoxy groups -OCH3 is 1. The quantitative estimate of drug-likeness (QED) is 0.818. The molecule has 0 unspecified atom stereocenters. The zero-order valence-corrected chi connectivity index (χ0v) is 12.4. The third kappa shape index (κ3) is 3.13. The van der Waals surface area contributed by atoms with Crippen LogP contribution < -0.4 is 9.64 Å². The van der Waals surface area contributed by atoms with Crippen molar-refractivity contribution in [2.24, 2.45) is 7.05 Å². The summed E-state index contributed by atoms with van der Waals surface area (Å²) in [4.78, 5) is 17.5. The summed E-state index contributed by atoms with van der Waals surface area (Å²) >= 11 is 0. The highest BCUT2D eigenvalue weighted by molar-refractivity contribution is 5.32. The average Bonchev–Trinajstić information content (AvgIpc) is 2.93. The van der Waals surface area contributed by atoms with E-state index in [1.165, 1.54) is 5.69 Å². The van der Waals surface area contributed by atoms with Gasteiger partial charge in [0.05, 0.1) is 19.1 Å². The number of nitrogens with zero attached hydrogens (tertiary/aromatic N) is 6. The zero-order chi connectivity index (χ0) is 14.7. The monoisotopic (exact) mass is 288 g/mol. The molecule has 0 aromatic carbocycles. The Labute approximate surface area is 124 Å². The summed E-state index contributed by atoms with van der Waals surface area (Å²) in [5, 5.41) is 0. The predicted octanol–water partition coefficient (Wildman–Crippen LogP) is 0.541. The molecule has 0 N–H and O–H groups in total. The van der Waals surface area contributed by atoms with Crippen molar-refractivity contribution in [2.45, 2.75) is 6.54 Å². The standard InChI is InChI=1S/C14H20N6O/c1-18-11-15-9-12(18)10-19-5-7-20(8-6-19)14-16-4-3-13(17-14)21-2/h3-4,9,11H,5-8,10H2,1-2H3. The lowest BCUT2D eigenvalue weighted by atomic mass is 10.3. The van der Waals surface area contributed by atoms with Crippen LogP contribution in [0.5, 0.6) is 5.88 Å². The lowest BCUT2D eigenvalue weighted by molar-refractivity contribution is 0.243. The summed E-state index contributed by atoms with van der Waals surface area (Å²) in [7, 11) is 3.65.